The van der Waals surface area contributed by atoms with Crippen molar-refractivity contribution in [2.75, 3.05) is 23.9 Å². The van der Waals surface area contributed by atoms with Crippen LogP contribution in [0.1, 0.15) is 11.3 Å². The van der Waals surface area contributed by atoms with Gasteiger partial charge in [0.2, 0.25) is 0 Å². The number of halogens is 1. The summed E-state index contributed by atoms with van der Waals surface area (Å²) >= 11 is 1.22. The molecule has 2 aromatic rings. The van der Waals surface area contributed by atoms with E-state index in [1.165, 1.54) is 23.5 Å². The molecule has 0 atom stereocenters. The molecule has 0 saturated carbocycles. The average molecular weight is 387 g/mol. The number of urea groups is 1. The van der Waals surface area contributed by atoms with Crippen LogP contribution in [-0.2, 0) is 27.7 Å². The topological polar surface area (TPSA) is 97.4 Å². The lowest BCUT2D eigenvalue weighted by atomic mass is 10.2. The highest BCUT2D eigenvalue weighted by Gasteiger charge is 2.08. The summed E-state index contributed by atoms with van der Waals surface area (Å²) in [6.45, 7) is 0.447. The number of rotatable bonds is 8. The molecule has 0 radical (unpaired) electrons. The summed E-state index contributed by atoms with van der Waals surface area (Å²) in [6.07, 6.45) is 1.14. The summed E-state index contributed by atoms with van der Waals surface area (Å²) in [7, 11) is -3.05. The molecule has 2 rings (SSSR count). The molecule has 0 unspecified atom stereocenters. The second-order valence-corrected chi connectivity index (χ2v) is 8.38. The van der Waals surface area contributed by atoms with Gasteiger partial charge in [0.05, 0.1) is 24.7 Å². The summed E-state index contributed by atoms with van der Waals surface area (Å²) in [5, 5.41) is 7.28. The van der Waals surface area contributed by atoms with E-state index in [9.17, 15) is 17.6 Å². The van der Waals surface area contributed by atoms with E-state index in [2.05, 4.69) is 15.6 Å². The summed E-state index contributed by atoms with van der Waals surface area (Å²) < 4.78 is 40.2. The molecule has 0 aliphatic heterocycles. The standard InChI is InChI=1S/C15H18FN3O4S2/c1-25(21,22)6-5-23-9-13-10-24-15(18-13)19-14(20)17-8-11-3-2-4-12(16)7-11/h2-4,7,10H,5-6,8-9H2,1H3,(H2,17,18,19,20). The van der Waals surface area contributed by atoms with Crippen molar-refractivity contribution in [1.29, 1.82) is 0 Å². The van der Waals surface area contributed by atoms with Crippen molar-refractivity contribution in [3.63, 3.8) is 0 Å². The fourth-order valence-corrected chi connectivity index (χ4v) is 2.90. The Hall–Kier alpha value is -2.04. The van der Waals surface area contributed by atoms with Crippen LogP contribution in [0.15, 0.2) is 29.6 Å². The Balaban J connectivity index is 1.73. The van der Waals surface area contributed by atoms with Crippen LogP contribution in [-0.4, -0.2) is 38.0 Å². The molecule has 25 heavy (non-hydrogen) atoms. The molecule has 7 nitrogen and oxygen atoms in total. The van der Waals surface area contributed by atoms with E-state index in [1.54, 1.807) is 17.5 Å². The highest BCUT2D eigenvalue weighted by atomic mass is 32.2. The number of carbonyl (C=O) groups excluding carboxylic acids is 1. The quantitative estimate of drug-likeness (QED) is 0.677. The van der Waals surface area contributed by atoms with Crippen LogP contribution in [0.4, 0.5) is 14.3 Å². The summed E-state index contributed by atoms with van der Waals surface area (Å²) in [6, 6.07) is 5.50. The van der Waals surface area contributed by atoms with E-state index in [0.29, 0.717) is 16.4 Å². The van der Waals surface area contributed by atoms with Gasteiger partial charge in [0.1, 0.15) is 15.7 Å². The van der Waals surface area contributed by atoms with Crippen LogP contribution in [0.2, 0.25) is 0 Å². The van der Waals surface area contributed by atoms with E-state index >= 15 is 0 Å². The number of nitrogens with zero attached hydrogens (tertiary/aromatic N) is 1. The number of sulfone groups is 1. The first kappa shape index (κ1) is 19.3. The summed E-state index contributed by atoms with van der Waals surface area (Å²) in [5.41, 5.74) is 1.24. The Labute approximate surface area is 149 Å². The van der Waals surface area contributed by atoms with Crippen molar-refractivity contribution < 1.29 is 22.3 Å². The molecule has 10 heteroatoms. The van der Waals surface area contributed by atoms with Gasteiger partial charge in [-0.25, -0.2) is 22.6 Å². The number of aromatic nitrogens is 1. The molecule has 0 saturated heterocycles. The number of hydrogen-bond donors (Lipinski definition) is 2. The molecule has 1 heterocycles. The fraction of sp³-hybridized carbons (Fsp3) is 0.333. The molecule has 2 amide bonds. The average Bonchev–Trinajstić information content (AvgIpc) is 2.96. The lowest BCUT2D eigenvalue weighted by Gasteiger charge is -2.05. The van der Waals surface area contributed by atoms with Gasteiger partial charge in [-0.15, -0.1) is 11.3 Å². The van der Waals surface area contributed by atoms with Gasteiger partial charge >= 0.3 is 6.03 Å². The first-order valence-corrected chi connectivity index (χ1v) is 10.2. The molecule has 0 aliphatic carbocycles. The zero-order valence-electron chi connectivity index (χ0n) is 13.5. The molecule has 1 aromatic heterocycles. The van der Waals surface area contributed by atoms with Crippen molar-refractivity contribution in [2.45, 2.75) is 13.2 Å². The smallest absolute Gasteiger partial charge is 0.321 e. The molecule has 1 aromatic carbocycles. The molecule has 0 aliphatic rings. The molecule has 0 fully saturated rings. The van der Waals surface area contributed by atoms with Gasteiger partial charge in [0.15, 0.2) is 5.13 Å². The Morgan fingerprint density at radius 2 is 2.20 bits per heavy atom. The molecule has 0 bridgehead atoms. The maximum absolute atomic E-state index is 13.1. The van der Waals surface area contributed by atoms with Crippen LogP contribution >= 0.6 is 11.3 Å². The summed E-state index contributed by atoms with van der Waals surface area (Å²) in [4.78, 5) is 16.0. The van der Waals surface area contributed by atoms with Crippen LogP contribution in [0.5, 0.6) is 0 Å². The Morgan fingerprint density at radius 1 is 1.40 bits per heavy atom. The van der Waals surface area contributed by atoms with E-state index in [4.69, 9.17) is 4.74 Å². The van der Waals surface area contributed by atoms with Crippen molar-refractivity contribution in [3.8, 4) is 0 Å². The Bertz CT molecular complexity index is 824. The van der Waals surface area contributed by atoms with Crippen LogP contribution < -0.4 is 10.6 Å². The maximum Gasteiger partial charge on any atom is 0.321 e. The van der Waals surface area contributed by atoms with E-state index in [-0.39, 0.29) is 31.3 Å². The molecular formula is C15H18FN3O4S2. The second kappa shape index (κ2) is 8.88. The summed E-state index contributed by atoms with van der Waals surface area (Å²) in [5.74, 6) is -0.412. The number of carbonyl (C=O) groups is 1. The normalized spacial score (nSPS) is 11.3. The van der Waals surface area contributed by atoms with Crippen molar-refractivity contribution in [2.24, 2.45) is 0 Å². The monoisotopic (exact) mass is 387 g/mol. The highest BCUT2D eigenvalue weighted by Crippen LogP contribution is 2.16. The van der Waals surface area contributed by atoms with E-state index in [1.807, 2.05) is 0 Å². The van der Waals surface area contributed by atoms with Gasteiger partial charge in [-0.2, -0.15) is 0 Å². The minimum atomic E-state index is -3.05. The van der Waals surface area contributed by atoms with Crippen LogP contribution in [0.25, 0.3) is 0 Å². The third kappa shape index (κ3) is 7.59. The number of anilines is 1. The molecule has 136 valence electrons. The second-order valence-electron chi connectivity index (χ2n) is 5.26. The van der Waals surface area contributed by atoms with Gasteiger partial charge in [-0.3, -0.25) is 5.32 Å². The lowest BCUT2D eigenvalue weighted by molar-refractivity contribution is 0.133. The largest absolute Gasteiger partial charge is 0.374 e. The highest BCUT2D eigenvalue weighted by molar-refractivity contribution is 7.90. The number of nitrogens with one attached hydrogen (secondary N) is 2. The van der Waals surface area contributed by atoms with Gasteiger partial charge in [-0.1, -0.05) is 12.1 Å². The van der Waals surface area contributed by atoms with Crippen LogP contribution in [0.3, 0.4) is 0 Å². The van der Waals surface area contributed by atoms with Crippen LogP contribution in [0, 0.1) is 5.82 Å². The Kier molecular flexibility index (Phi) is 6.85. The zero-order chi connectivity index (χ0) is 18.3. The van der Waals surface area contributed by atoms with Gasteiger partial charge in [0.25, 0.3) is 0 Å². The third-order valence-corrected chi connectivity index (χ3v) is 4.68. The number of hydrogen-bond acceptors (Lipinski definition) is 6. The van der Waals surface area contributed by atoms with Gasteiger partial charge < -0.3 is 10.1 Å². The minimum Gasteiger partial charge on any atom is -0.374 e. The molecule has 0 spiro atoms. The van der Waals surface area contributed by atoms with Gasteiger partial charge in [-0.05, 0) is 17.7 Å². The number of thiazole rings is 1. The number of amides is 2. The molecular weight excluding hydrogens is 369 g/mol. The third-order valence-electron chi connectivity index (χ3n) is 2.96. The number of benzene rings is 1. The fourth-order valence-electron chi connectivity index (χ4n) is 1.79. The maximum atomic E-state index is 13.1. The van der Waals surface area contributed by atoms with Crippen molar-refractivity contribution in [1.82, 2.24) is 10.3 Å². The van der Waals surface area contributed by atoms with E-state index < -0.39 is 15.9 Å². The van der Waals surface area contributed by atoms with Gasteiger partial charge in [0, 0.05) is 18.2 Å². The first-order chi connectivity index (χ1) is 11.8. The zero-order valence-corrected chi connectivity index (χ0v) is 15.1. The van der Waals surface area contributed by atoms with Crippen molar-refractivity contribution >= 4 is 32.3 Å². The Morgan fingerprint density at radius 3 is 2.92 bits per heavy atom. The predicted octanol–water partition coefficient (Wildman–Crippen LogP) is 2.17. The SMILES string of the molecule is CS(=O)(=O)CCOCc1csc(NC(=O)NCc2cccc(F)c2)n1. The van der Waals surface area contributed by atoms with Crippen molar-refractivity contribution in [3.05, 3.63) is 46.7 Å². The predicted molar refractivity (Wildman–Crippen MR) is 93.7 cm³/mol. The number of ether oxygens (including phenoxy) is 1. The minimum absolute atomic E-state index is 0.0509. The lowest BCUT2D eigenvalue weighted by Crippen LogP contribution is -2.28. The van der Waals surface area contributed by atoms with E-state index in [0.717, 1.165) is 6.26 Å². The molecule has 2 N–H and O–H groups in total. The first-order valence-electron chi connectivity index (χ1n) is 7.31.